The monoisotopic (exact) mass is 526 g/mol. The van der Waals surface area contributed by atoms with Gasteiger partial charge in [-0.05, 0) is 95.1 Å². The molecule has 9 rings (SSSR count). The molecule has 0 amide bonds. The zero-order chi connectivity index (χ0) is 21.8. The molecule has 6 aliphatic carbocycles. The second-order valence-corrected chi connectivity index (χ2v) is 11.4. The summed E-state index contributed by atoms with van der Waals surface area (Å²) in [5.74, 6) is 1.42. The van der Waals surface area contributed by atoms with E-state index in [4.69, 9.17) is 0 Å². The third kappa shape index (κ3) is 2.14. The van der Waals surface area contributed by atoms with Gasteiger partial charge in [-0.2, -0.15) is 0 Å². The van der Waals surface area contributed by atoms with Crippen LogP contribution < -0.4 is 0 Å². The number of halogens is 1. The van der Waals surface area contributed by atoms with Gasteiger partial charge in [0.2, 0.25) is 0 Å². The Labute approximate surface area is 204 Å². The van der Waals surface area contributed by atoms with Gasteiger partial charge in [0.05, 0.1) is 0 Å². The van der Waals surface area contributed by atoms with E-state index in [0.29, 0.717) is 17.8 Å². The van der Waals surface area contributed by atoms with Crippen molar-refractivity contribution < 1.29 is 0 Å². The molecule has 32 heavy (non-hydrogen) atoms. The first-order valence-corrected chi connectivity index (χ1v) is 13.0. The number of rotatable bonds is 1. The summed E-state index contributed by atoms with van der Waals surface area (Å²) in [5.41, 5.74) is 15.5. The summed E-state index contributed by atoms with van der Waals surface area (Å²) < 4.78 is 1.53. The average molecular weight is 526 g/mol. The lowest BCUT2D eigenvalue weighted by Gasteiger charge is -2.51. The van der Waals surface area contributed by atoms with Crippen LogP contribution in [0.1, 0.15) is 90.3 Å². The Morgan fingerprint density at radius 1 is 0.719 bits per heavy atom. The molecule has 0 aliphatic heterocycles. The minimum absolute atomic E-state index is 0.0332. The van der Waals surface area contributed by atoms with Crippen LogP contribution in [0.3, 0.4) is 0 Å². The maximum atomic E-state index is 2.62. The Balaban J connectivity index is 1.49. The normalized spacial score (nSPS) is 29.2. The zero-order valence-corrected chi connectivity index (χ0v) is 21.0. The smallest absolute Gasteiger partial charge is 0.0414 e. The van der Waals surface area contributed by atoms with Crippen molar-refractivity contribution in [3.63, 3.8) is 0 Å². The van der Waals surface area contributed by atoms with Gasteiger partial charge in [-0.3, -0.25) is 0 Å². The van der Waals surface area contributed by atoms with Crippen molar-refractivity contribution in [1.82, 2.24) is 0 Å². The van der Waals surface area contributed by atoms with Gasteiger partial charge >= 0.3 is 0 Å². The van der Waals surface area contributed by atoms with E-state index < -0.39 is 0 Å². The molecule has 0 N–H and O–H groups in total. The van der Waals surface area contributed by atoms with E-state index >= 15 is 0 Å². The van der Waals surface area contributed by atoms with Crippen LogP contribution in [0.15, 0.2) is 87.0 Å². The van der Waals surface area contributed by atoms with Gasteiger partial charge in [0.25, 0.3) is 0 Å². The molecule has 0 radical (unpaired) electrons. The fourth-order valence-electron chi connectivity index (χ4n) is 7.62. The average Bonchev–Trinajstić information content (AvgIpc) is 2.83. The molecule has 0 heterocycles. The van der Waals surface area contributed by atoms with Crippen molar-refractivity contribution in [2.75, 3.05) is 0 Å². The van der Waals surface area contributed by atoms with Gasteiger partial charge < -0.3 is 0 Å². The van der Waals surface area contributed by atoms with Crippen LogP contribution in [0.5, 0.6) is 0 Å². The van der Waals surface area contributed by atoms with Gasteiger partial charge in [0, 0.05) is 26.7 Å². The van der Waals surface area contributed by atoms with Crippen molar-refractivity contribution in [2.24, 2.45) is 0 Å². The first-order chi connectivity index (χ1) is 15.5. The number of fused-ring (bicyclic) bond motifs is 1. The quantitative estimate of drug-likeness (QED) is 0.220. The van der Waals surface area contributed by atoms with Crippen molar-refractivity contribution in [3.05, 3.63) is 126 Å². The molecule has 4 unspecified atom stereocenters. The summed E-state index contributed by atoms with van der Waals surface area (Å²) in [6.07, 6.45) is 2.50. The molecule has 1 heteroatoms. The number of hydrogen-bond acceptors (Lipinski definition) is 0. The Bertz CT molecular complexity index is 1390. The molecular formula is C31H27I. The van der Waals surface area contributed by atoms with E-state index in [2.05, 4.69) is 110 Å². The predicted molar refractivity (Wildman–Crippen MR) is 141 cm³/mol. The Morgan fingerprint density at radius 3 is 2.16 bits per heavy atom. The summed E-state index contributed by atoms with van der Waals surface area (Å²) in [7, 11) is 0. The van der Waals surface area contributed by atoms with Crippen LogP contribution in [0.4, 0.5) is 0 Å². The second kappa shape index (κ2) is 6.47. The summed E-state index contributed by atoms with van der Waals surface area (Å²) in [6, 6.07) is 26.0. The van der Waals surface area contributed by atoms with Crippen LogP contribution in [0, 0.1) is 0 Å². The molecule has 6 aliphatic rings. The molecule has 4 bridgehead atoms. The highest BCUT2D eigenvalue weighted by molar-refractivity contribution is 14.1. The molecule has 0 saturated carbocycles. The van der Waals surface area contributed by atoms with Gasteiger partial charge in [-0.15, -0.1) is 0 Å². The van der Waals surface area contributed by atoms with E-state index in [9.17, 15) is 0 Å². The first kappa shape index (κ1) is 19.3. The van der Waals surface area contributed by atoms with Crippen LogP contribution in [-0.2, 0) is 5.41 Å². The molecule has 3 aromatic rings. The standard InChI is InChI=1S/C31H27I/c1-17-19(3)31(15-14-21(17)22-8-6-7-11-27(22)31)20-12-13-25-26(16-20)28-18(2)30(32)29(25)24-10-5-4-9-23(24)28/h4-13,16,21,28-29H,14-15H2,1-3H3. The SMILES string of the molecule is CC1=C(C)C2(c3ccc4c(c3)C3C(C)=C(I)C4c4ccccc43)CCC1c1ccccc12. The van der Waals surface area contributed by atoms with E-state index in [0.717, 1.165) is 0 Å². The Hall–Kier alpha value is -2.13. The number of allylic oxidation sites excluding steroid dienone is 4. The summed E-state index contributed by atoms with van der Waals surface area (Å²) in [4.78, 5) is 0. The lowest BCUT2D eigenvalue weighted by molar-refractivity contribution is 0.416. The molecule has 4 atom stereocenters. The lowest BCUT2D eigenvalue weighted by atomic mass is 9.53. The van der Waals surface area contributed by atoms with Gasteiger partial charge in [-0.1, -0.05) is 83.4 Å². The molecule has 0 spiro atoms. The molecule has 0 nitrogen and oxygen atoms in total. The topological polar surface area (TPSA) is 0 Å². The third-order valence-corrected chi connectivity index (χ3v) is 10.7. The molecular weight excluding hydrogens is 499 g/mol. The molecule has 0 aromatic heterocycles. The summed E-state index contributed by atoms with van der Waals surface area (Å²) >= 11 is 2.62. The predicted octanol–water partition coefficient (Wildman–Crippen LogP) is 8.50. The van der Waals surface area contributed by atoms with Gasteiger partial charge in [-0.25, -0.2) is 0 Å². The lowest BCUT2D eigenvalue weighted by Crippen LogP contribution is -2.40. The van der Waals surface area contributed by atoms with Crippen molar-refractivity contribution in [1.29, 1.82) is 0 Å². The molecule has 3 aromatic carbocycles. The van der Waals surface area contributed by atoms with E-state index in [1.807, 2.05) is 0 Å². The molecule has 158 valence electrons. The minimum atomic E-state index is 0.0332. The molecule has 0 fully saturated rings. The van der Waals surface area contributed by atoms with Crippen molar-refractivity contribution in [3.8, 4) is 0 Å². The van der Waals surface area contributed by atoms with Crippen molar-refractivity contribution >= 4 is 22.6 Å². The third-order valence-electron chi connectivity index (χ3n) is 9.24. The summed E-state index contributed by atoms with van der Waals surface area (Å²) in [5, 5.41) is 0. The van der Waals surface area contributed by atoms with E-state index in [1.165, 1.54) is 38.7 Å². The van der Waals surface area contributed by atoms with E-state index in [-0.39, 0.29) is 5.41 Å². The molecule has 0 saturated heterocycles. The van der Waals surface area contributed by atoms with Crippen LogP contribution >= 0.6 is 22.6 Å². The van der Waals surface area contributed by atoms with Crippen molar-refractivity contribution in [2.45, 2.75) is 56.8 Å². The Kier molecular flexibility index (Phi) is 3.91. The largest absolute Gasteiger partial charge is 0.0657 e. The Morgan fingerprint density at radius 2 is 1.38 bits per heavy atom. The fourth-order valence-corrected chi connectivity index (χ4v) is 8.61. The highest BCUT2D eigenvalue weighted by atomic mass is 127. The maximum absolute atomic E-state index is 2.62. The van der Waals surface area contributed by atoms with Crippen LogP contribution in [0.25, 0.3) is 0 Å². The maximum Gasteiger partial charge on any atom is 0.0414 e. The van der Waals surface area contributed by atoms with E-state index in [1.54, 1.807) is 33.4 Å². The zero-order valence-electron chi connectivity index (χ0n) is 18.9. The first-order valence-electron chi connectivity index (χ1n) is 11.9. The van der Waals surface area contributed by atoms with Crippen LogP contribution in [-0.4, -0.2) is 0 Å². The highest BCUT2D eigenvalue weighted by Crippen LogP contribution is 2.61. The van der Waals surface area contributed by atoms with Gasteiger partial charge in [0.15, 0.2) is 0 Å². The number of hydrogen-bond donors (Lipinski definition) is 0. The van der Waals surface area contributed by atoms with Gasteiger partial charge in [0.1, 0.15) is 0 Å². The van der Waals surface area contributed by atoms with Crippen LogP contribution in [0.2, 0.25) is 0 Å². The number of benzene rings is 3. The fraction of sp³-hybridized carbons (Fsp3) is 0.290. The second-order valence-electron chi connectivity index (χ2n) is 10.3. The minimum Gasteiger partial charge on any atom is -0.0657 e. The summed E-state index contributed by atoms with van der Waals surface area (Å²) in [6.45, 7) is 7.15. The highest BCUT2D eigenvalue weighted by Gasteiger charge is 2.49.